The van der Waals surface area contributed by atoms with Crippen molar-refractivity contribution >= 4 is 11.8 Å². The van der Waals surface area contributed by atoms with E-state index in [1.54, 1.807) is 17.9 Å². The van der Waals surface area contributed by atoms with E-state index in [9.17, 15) is 4.39 Å². The van der Waals surface area contributed by atoms with Crippen molar-refractivity contribution in [3.8, 4) is 0 Å². The first kappa shape index (κ1) is 15.9. The highest BCUT2D eigenvalue weighted by Gasteiger charge is 2.07. The van der Waals surface area contributed by atoms with E-state index >= 15 is 0 Å². The Bertz CT molecular complexity index is 551. The number of benzene rings is 1. The Hall–Kier alpha value is -1.51. The van der Waals surface area contributed by atoms with Crippen molar-refractivity contribution in [3.63, 3.8) is 0 Å². The summed E-state index contributed by atoms with van der Waals surface area (Å²) in [6, 6.07) is 6.54. The van der Waals surface area contributed by atoms with Gasteiger partial charge in [-0.3, -0.25) is 0 Å². The molecule has 0 aliphatic rings. The van der Waals surface area contributed by atoms with Gasteiger partial charge >= 0.3 is 0 Å². The van der Waals surface area contributed by atoms with Gasteiger partial charge in [-0.15, -0.1) is 5.10 Å². The molecule has 1 aromatic heterocycles. The lowest BCUT2D eigenvalue weighted by Crippen LogP contribution is -2.24. The topological polar surface area (TPSA) is 64.9 Å². The van der Waals surface area contributed by atoms with Crippen LogP contribution in [0.5, 0.6) is 0 Å². The van der Waals surface area contributed by atoms with Crippen molar-refractivity contribution in [2.45, 2.75) is 17.5 Å². The van der Waals surface area contributed by atoms with E-state index in [-0.39, 0.29) is 5.82 Å². The highest BCUT2D eigenvalue weighted by molar-refractivity contribution is 7.98. The lowest BCUT2D eigenvalue weighted by Gasteiger charge is -2.06. The van der Waals surface area contributed by atoms with E-state index in [1.165, 1.54) is 23.9 Å². The van der Waals surface area contributed by atoms with Crippen molar-refractivity contribution in [3.05, 3.63) is 35.6 Å². The number of hydrogen-bond acceptors (Lipinski definition) is 6. The first-order chi connectivity index (χ1) is 10.3. The highest BCUT2D eigenvalue weighted by Crippen LogP contribution is 2.20. The summed E-state index contributed by atoms with van der Waals surface area (Å²) >= 11 is 1.49. The standard InChI is InChI=1S/C13H18FN5OS/c1-20-8-6-15-5-7-19-13(16-17-18-19)21-10-11-3-2-4-12(14)9-11/h2-4,9,15H,5-8,10H2,1H3. The fourth-order valence-electron chi connectivity index (χ4n) is 1.70. The van der Waals surface area contributed by atoms with E-state index in [4.69, 9.17) is 4.74 Å². The molecule has 21 heavy (non-hydrogen) atoms. The van der Waals surface area contributed by atoms with Gasteiger partial charge in [-0.25, -0.2) is 9.07 Å². The number of nitrogens with zero attached hydrogens (tertiary/aromatic N) is 4. The molecule has 0 amide bonds. The van der Waals surface area contributed by atoms with E-state index in [2.05, 4.69) is 20.8 Å². The van der Waals surface area contributed by atoms with Crippen LogP contribution in [0.1, 0.15) is 5.56 Å². The summed E-state index contributed by atoms with van der Waals surface area (Å²) in [5.41, 5.74) is 0.910. The SMILES string of the molecule is COCCNCCn1nnnc1SCc1cccc(F)c1. The third kappa shape index (κ3) is 5.41. The summed E-state index contributed by atoms with van der Waals surface area (Å²) in [7, 11) is 1.67. The van der Waals surface area contributed by atoms with Crippen molar-refractivity contribution in [2.75, 3.05) is 26.8 Å². The van der Waals surface area contributed by atoms with Gasteiger partial charge < -0.3 is 10.1 Å². The lowest BCUT2D eigenvalue weighted by molar-refractivity contribution is 0.199. The largest absolute Gasteiger partial charge is 0.383 e. The van der Waals surface area contributed by atoms with Gasteiger partial charge in [-0.05, 0) is 28.1 Å². The van der Waals surface area contributed by atoms with Crippen LogP contribution in [0.15, 0.2) is 29.4 Å². The van der Waals surface area contributed by atoms with Gasteiger partial charge in [0.1, 0.15) is 5.82 Å². The molecule has 1 aromatic carbocycles. The third-order valence-electron chi connectivity index (χ3n) is 2.74. The smallest absolute Gasteiger partial charge is 0.209 e. The van der Waals surface area contributed by atoms with Gasteiger partial charge in [-0.1, -0.05) is 23.9 Å². The zero-order chi connectivity index (χ0) is 14.9. The fraction of sp³-hybridized carbons (Fsp3) is 0.462. The second-order valence-electron chi connectivity index (χ2n) is 4.35. The predicted molar refractivity (Wildman–Crippen MR) is 78.5 cm³/mol. The van der Waals surface area contributed by atoms with E-state index < -0.39 is 0 Å². The van der Waals surface area contributed by atoms with E-state index in [1.807, 2.05) is 6.07 Å². The minimum atomic E-state index is -0.227. The molecule has 0 spiro atoms. The molecule has 8 heteroatoms. The highest BCUT2D eigenvalue weighted by atomic mass is 32.2. The van der Waals surface area contributed by atoms with Crippen molar-refractivity contribution in [2.24, 2.45) is 0 Å². The maximum atomic E-state index is 13.1. The number of rotatable bonds is 9. The lowest BCUT2D eigenvalue weighted by atomic mass is 10.2. The van der Waals surface area contributed by atoms with Crippen molar-refractivity contribution < 1.29 is 9.13 Å². The summed E-state index contributed by atoms with van der Waals surface area (Å²) in [5.74, 6) is 0.407. The quantitative estimate of drug-likeness (QED) is 0.557. The van der Waals surface area contributed by atoms with E-state index in [0.29, 0.717) is 18.9 Å². The second kappa shape index (κ2) is 8.71. The maximum Gasteiger partial charge on any atom is 0.209 e. The Morgan fingerprint density at radius 3 is 3.10 bits per heavy atom. The summed E-state index contributed by atoms with van der Waals surface area (Å²) in [6.45, 7) is 2.92. The first-order valence-electron chi connectivity index (χ1n) is 6.62. The second-order valence-corrected chi connectivity index (χ2v) is 5.29. The normalized spacial score (nSPS) is 11.0. The van der Waals surface area contributed by atoms with Crippen LogP contribution in [-0.4, -0.2) is 47.0 Å². The fourth-order valence-corrected chi connectivity index (χ4v) is 2.55. The summed E-state index contributed by atoms with van der Waals surface area (Å²) in [4.78, 5) is 0. The minimum Gasteiger partial charge on any atom is -0.383 e. The van der Waals surface area contributed by atoms with Gasteiger partial charge in [0.25, 0.3) is 0 Å². The Balaban J connectivity index is 1.80. The molecule has 0 fully saturated rings. The number of ether oxygens (including phenoxy) is 1. The molecule has 0 unspecified atom stereocenters. The summed E-state index contributed by atoms with van der Waals surface area (Å²) in [6.07, 6.45) is 0. The Kier molecular flexibility index (Phi) is 6.58. The number of nitrogens with one attached hydrogen (secondary N) is 1. The van der Waals surface area contributed by atoms with E-state index in [0.717, 1.165) is 23.8 Å². The van der Waals surface area contributed by atoms with Crippen LogP contribution in [0, 0.1) is 5.82 Å². The number of methoxy groups -OCH3 is 1. The Morgan fingerprint density at radius 1 is 1.38 bits per heavy atom. The van der Waals surface area contributed by atoms with Gasteiger partial charge in [0.05, 0.1) is 13.2 Å². The van der Waals surface area contributed by atoms with Crippen LogP contribution in [0.3, 0.4) is 0 Å². The Morgan fingerprint density at radius 2 is 2.29 bits per heavy atom. The molecular weight excluding hydrogens is 293 g/mol. The average Bonchev–Trinajstić information content (AvgIpc) is 2.92. The molecule has 0 aliphatic heterocycles. The Labute approximate surface area is 127 Å². The van der Waals surface area contributed by atoms with Gasteiger partial charge in [0, 0.05) is 26.0 Å². The summed E-state index contributed by atoms with van der Waals surface area (Å²) < 4.78 is 19.8. The molecule has 2 aromatic rings. The monoisotopic (exact) mass is 311 g/mol. The number of hydrogen-bond donors (Lipinski definition) is 1. The molecule has 114 valence electrons. The summed E-state index contributed by atoms with van der Waals surface area (Å²) in [5, 5.41) is 15.6. The molecule has 0 atom stereocenters. The van der Waals surface area contributed by atoms with Crippen LogP contribution >= 0.6 is 11.8 Å². The van der Waals surface area contributed by atoms with Crippen molar-refractivity contribution in [1.82, 2.24) is 25.5 Å². The maximum absolute atomic E-state index is 13.1. The molecule has 0 saturated heterocycles. The van der Waals surface area contributed by atoms with Crippen LogP contribution in [0.4, 0.5) is 4.39 Å². The molecule has 1 heterocycles. The first-order valence-corrected chi connectivity index (χ1v) is 7.61. The molecule has 0 bridgehead atoms. The molecule has 0 radical (unpaired) electrons. The van der Waals surface area contributed by atoms with Crippen LogP contribution in [0.2, 0.25) is 0 Å². The minimum absolute atomic E-state index is 0.227. The van der Waals surface area contributed by atoms with Gasteiger partial charge in [0.15, 0.2) is 0 Å². The average molecular weight is 311 g/mol. The predicted octanol–water partition coefficient (Wildman–Crippen LogP) is 1.34. The molecule has 2 rings (SSSR count). The number of tetrazole rings is 1. The van der Waals surface area contributed by atoms with Crippen LogP contribution < -0.4 is 5.32 Å². The zero-order valence-electron chi connectivity index (χ0n) is 11.8. The molecular formula is C13H18FN5OS. The number of aromatic nitrogens is 4. The third-order valence-corrected chi connectivity index (χ3v) is 3.77. The molecule has 1 N–H and O–H groups in total. The molecule has 6 nitrogen and oxygen atoms in total. The number of thioether (sulfide) groups is 1. The zero-order valence-corrected chi connectivity index (χ0v) is 12.6. The number of halogens is 1. The van der Waals surface area contributed by atoms with Crippen LogP contribution in [-0.2, 0) is 17.0 Å². The molecule has 0 saturated carbocycles. The van der Waals surface area contributed by atoms with Crippen molar-refractivity contribution in [1.29, 1.82) is 0 Å². The van der Waals surface area contributed by atoms with Crippen LogP contribution in [0.25, 0.3) is 0 Å². The molecule has 0 aliphatic carbocycles. The van der Waals surface area contributed by atoms with Gasteiger partial charge in [0.2, 0.25) is 5.16 Å². The van der Waals surface area contributed by atoms with Gasteiger partial charge in [-0.2, -0.15) is 0 Å².